The molecule has 0 spiro atoms. The van der Waals surface area contributed by atoms with Crippen molar-refractivity contribution < 1.29 is 9.84 Å². The van der Waals surface area contributed by atoms with Crippen LogP contribution >= 0.6 is 11.6 Å². The summed E-state index contributed by atoms with van der Waals surface area (Å²) in [5.41, 5.74) is 1.10. The molecule has 2 N–H and O–H groups in total. The second kappa shape index (κ2) is 6.80. The Kier molecular flexibility index (Phi) is 5.65. The molecule has 0 amide bonds. The first-order valence-electron chi connectivity index (χ1n) is 4.84. The van der Waals surface area contributed by atoms with Gasteiger partial charge in [-0.1, -0.05) is 23.7 Å². The van der Waals surface area contributed by atoms with Crippen LogP contribution in [0.2, 0.25) is 5.02 Å². The van der Waals surface area contributed by atoms with Gasteiger partial charge >= 0.3 is 0 Å². The third-order valence-electron chi connectivity index (χ3n) is 1.96. The molecule has 0 radical (unpaired) electrons. The maximum atomic E-state index is 9.37. The van der Waals surface area contributed by atoms with Crippen LogP contribution < -0.4 is 5.32 Å². The molecule has 0 heterocycles. The zero-order valence-corrected chi connectivity index (χ0v) is 9.50. The Hall–Kier alpha value is -0.610. The maximum absolute atomic E-state index is 9.37. The lowest BCUT2D eigenvalue weighted by molar-refractivity contribution is 0.0644. The Labute approximate surface area is 95.0 Å². The summed E-state index contributed by atoms with van der Waals surface area (Å²) in [5, 5.41) is 13.2. The minimum atomic E-state index is -0.464. The van der Waals surface area contributed by atoms with E-state index in [1.807, 2.05) is 24.3 Å². The van der Waals surface area contributed by atoms with E-state index >= 15 is 0 Å². The minimum absolute atomic E-state index is 0.350. The van der Waals surface area contributed by atoms with Crippen LogP contribution in [0.4, 0.5) is 0 Å². The predicted molar refractivity (Wildman–Crippen MR) is 61.0 cm³/mol. The van der Waals surface area contributed by atoms with E-state index in [1.54, 1.807) is 7.11 Å². The molecule has 0 aliphatic heterocycles. The highest BCUT2D eigenvalue weighted by atomic mass is 35.5. The molecule has 1 aromatic carbocycles. The molecule has 84 valence electrons. The van der Waals surface area contributed by atoms with Gasteiger partial charge in [0.15, 0.2) is 0 Å². The number of hydrogen-bond acceptors (Lipinski definition) is 3. The van der Waals surface area contributed by atoms with Gasteiger partial charge in [0.05, 0.1) is 12.7 Å². The highest BCUT2D eigenvalue weighted by Gasteiger charge is 2.02. The second-order valence-corrected chi connectivity index (χ2v) is 3.81. The van der Waals surface area contributed by atoms with Crippen molar-refractivity contribution in [1.29, 1.82) is 0 Å². The molecule has 0 aromatic heterocycles. The Morgan fingerprint density at radius 1 is 1.53 bits per heavy atom. The second-order valence-electron chi connectivity index (χ2n) is 3.37. The highest BCUT2D eigenvalue weighted by molar-refractivity contribution is 6.30. The number of hydrogen-bond donors (Lipinski definition) is 2. The first-order valence-corrected chi connectivity index (χ1v) is 5.22. The molecule has 0 saturated heterocycles. The number of aliphatic hydroxyl groups is 1. The van der Waals surface area contributed by atoms with Crippen LogP contribution in [-0.4, -0.2) is 31.5 Å². The summed E-state index contributed by atoms with van der Waals surface area (Å²) >= 11 is 5.84. The molecule has 0 saturated carbocycles. The summed E-state index contributed by atoms with van der Waals surface area (Å²) < 4.78 is 4.81. The standard InChI is InChI=1S/C11H16ClNO2/c1-15-8-11(14)7-13-6-9-3-2-4-10(12)5-9/h2-5,11,13-14H,6-8H2,1H3. The minimum Gasteiger partial charge on any atom is -0.389 e. The van der Waals surface area contributed by atoms with E-state index in [9.17, 15) is 5.11 Å². The number of benzene rings is 1. The molecule has 1 rings (SSSR count). The van der Waals surface area contributed by atoms with Crippen LogP contribution in [0.3, 0.4) is 0 Å². The average Bonchev–Trinajstić information content (AvgIpc) is 2.18. The van der Waals surface area contributed by atoms with Crippen molar-refractivity contribution in [2.75, 3.05) is 20.3 Å². The van der Waals surface area contributed by atoms with Gasteiger partial charge in [-0.3, -0.25) is 0 Å². The summed E-state index contributed by atoms with van der Waals surface area (Å²) in [6, 6.07) is 7.63. The predicted octanol–water partition coefficient (Wildman–Crippen LogP) is 1.44. The summed E-state index contributed by atoms with van der Waals surface area (Å²) in [5.74, 6) is 0. The van der Waals surface area contributed by atoms with Crippen LogP contribution in [0, 0.1) is 0 Å². The van der Waals surface area contributed by atoms with Gasteiger partial charge < -0.3 is 15.2 Å². The van der Waals surface area contributed by atoms with E-state index in [4.69, 9.17) is 16.3 Å². The van der Waals surface area contributed by atoms with Crippen molar-refractivity contribution in [2.24, 2.45) is 0 Å². The molecule has 1 atom stereocenters. The average molecular weight is 230 g/mol. The molecule has 0 aliphatic carbocycles. The van der Waals surface area contributed by atoms with Crippen LogP contribution in [0.25, 0.3) is 0 Å². The highest BCUT2D eigenvalue weighted by Crippen LogP contribution is 2.10. The monoisotopic (exact) mass is 229 g/mol. The fourth-order valence-electron chi connectivity index (χ4n) is 1.28. The largest absolute Gasteiger partial charge is 0.389 e. The quantitative estimate of drug-likeness (QED) is 0.776. The number of nitrogens with one attached hydrogen (secondary N) is 1. The Bertz CT molecular complexity index is 294. The Morgan fingerprint density at radius 3 is 3.00 bits per heavy atom. The lowest BCUT2D eigenvalue weighted by Gasteiger charge is -2.10. The molecule has 15 heavy (non-hydrogen) atoms. The van der Waals surface area contributed by atoms with Crippen molar-refractivity contribution in [1.82, 2.24) is 5.32 Å². The van der Waals surface area contributed by atoms with Gasteiger partial charge in [0, 0.05) is 25.2 Å². The van der Waals surface area contributed by atoms with Crippen molar-refractivity contribution in [2.45, 2.75) is 12.6 Å². The van der Waals surface area contributed by atoms with Gasteiger partial charge in [-0.25, -0.2) is 0 Å². The van der Waals surface area contributed by atoms with Gasteiger partial charge in [0.2, 0.25) is 0 Å². The fraction of sp³-hybridized carbons (Fsp3) is 0.455. The summed E-state index contributed by atoms with van der Waals surface area (Å²) in [6.07, 6.45) is -0.464. The maximum Gasteiger partial charge on any atom is 0.0897 e. The Balaban J connectivity index is 2.25. The smallest absolute Gasteiger partial charge is 0.0897 e. The van der Waals surface area contributed by atoms with E-state index in [-0.39, 0.29) is 0 Å². The first-order chi connectivity index (χ1) is 7.22. The lowest BCUT2D eigenvalue weighted by atomic mass is 10.2. The van der Waals surface area contributed by atoms with Crippen molar-refractivity contribution >= 4 is 11.6 Å². The SMILES string of the molecule is COCC(O)CNCc1cccc(Cl)c1. The van der Waals surface area contributed by atoms with Crippen LogP contribution in [0.1, 0.15) is 5.56 Å². The van der Waals surface area contributed by atoms with E-state index in [2.05, 4.69) is 5.32 Å². The number of ether oxygens (including phenoxy) is 1. The molecule has 0 bridgehead atoms. The normalized spacial score (nSPS) is 12.7. The number of aliphatic hydroxyl groups excluding tert-OH is 1. The molecular formula is C11H16ClNO2. The van der Waals surface area contributed by atoms with Crippen molar-refractivity contribution in [3.05, 3.63) is 34.9 Å². The van der Waals surface area contributed by atoms with E-state index < -0.39 is 6.10 Å². The third kappa shape index (κ3) is 5.14. The number of rotatable bonds is 6. The molecule has 3 nitrogen and oxygen atoms in total. The van der Waals surface area contributed by atoms with Gasteiger partial charge in [-0.15, -0.1) is 0 Å². The van der Waals surface area contributed by atoms with E-state index in [0.717, 1.165) is 10.6 Å². The molecular weight excluding hydrogens is 214 g/mol. The molecule has 1 aromatic rings. The van der Waals surface area contributed by atoms with Gasteiger partial charge in [-0.2, -0.15) is 0 Å². The zero-order valence-electron chi connectivity index (χ0n) is 8.74. The molecule has 0 fully saturated rings. The van der Waals surface area contributed by atoms with E-state index in [1.165, 1.54) is 0 Å². The van der Waals surface area contributed by atoms with E-state index in [0.29, 0.717) is 19.7 Å². The van der Waals surface area contributed by atoms with Crippen molar-refractivity contribution in [3.8, 4) is 0 Å². The third-order valence-corrected chi connectivity index (χ3v) is 2.19. The van der Waals surface area contributed by atoms with Gasteiger partial charge in [0.25, 0.3) is 0 Å². The lowest BCUT2D eigenvalue weighted by Crippen LogP contribution is -2.29. The van der Waals surface area contributed by atoms with Gasteiger partial charge in [-0.05, 0) is 17.7 Å². The molecule has 1 unspecified atom stereocenters. The molecule has 4 heteroatoms. The first kappa shape index (κ1) is 12.5. The number of halogens is 1. The summed E-state index contributed by atoms with van der Waals surface area (Å²) in [4.78, 5) is 0. The van der Waals surface area contributed by atoms with Crippen LogP contribution in [0.5, 0.6) is 0 Å². The summed E-state index contributed by atoms with van der Waals surface area (Å²) in [7, 11) is 1.57. The van der Waals surface area contributed by atoms with Crippen molar-refractivity contribution in [3.63, 3.8) is 0 Å². The number of methoxy groups -OCH3 is 1. The fourth-order valence-corrected chi connectivity index (χ4v) is 1.49. The van der Waals surface area contributed by atoms with Crippen LogP contribution in [0.15, 0.2) is 24.3 Å². The topological polar surface area (TPSA) is 41.5 Å². The van der Waals surface area contributed by atoms with Crippen LogP contribution in [-0.2, 0) is 11.3 Å². The Morgan fingerprint density at radius 2 is 2.33 bits per heavy atom. The zero-order chi connectivity index (χ0) is 11.1. The summed E-state index contributed by atoms with van der Waals surface area (Å²) in [6.45, 7) is 1.56. The van der Waals surface area contributed by atoms with Gasteiger partial charge in [0.1, 0.15) is 0 Å². The molecule has 0 aliphatic rings.